The highest BCUT2D eigenvalue weighted by Gasteiger charge is 1.85. The van der Waals surface area contributed by atoms with Crippen LogP contribution in [0.25, 0.3) is 0 Å². The Morgan fingerprint density at radius 1 is 1.33 bits per heavy atom. The molecular formula is C7H15NS. The second-order valence-corrected chi connectivity index (χ2v) is 3.03. The van der Waals surface area contributed by atoms with Crippen molar-refractivity contribution in [3.05, 3.63) is 0 Å². The largest absolute Gasteiger partial charge is 0.302 e. The molecule has 0 aromatic rings. The van der Waals surface area contributed by atoms with Crippen LogP contribution in [0.3, 0.4) is 0 Å². The van der Waals surface area contributed by atoms with Crippen molar-refractivity contribution < 1.29 is 0 Å². The summed E-state index contributed by atoms with van der Waals surface area (Å²) in [7, 11) is 0. The van der Waals surface area contributed by atoms with Crippen LogP contribution in [0.4, 0.5) is 0 Å². The summed E-state index contributed by atoms with van der Waals surface area (Å²) < 4.78 is 0. The maximum atomic E-state index is 6.72. The lowest BCUT2D eigenvalue weighted by atomic mass is 10.2. The molecule has 0 rings (SSSR count). The summed E-state index contributed by atoms with van der Waals surface area (Å²) in [6, 6.07) is 0. The van der Waals surface area contributed by atoms with Gasteiger partial charge in [-0.15, -0.1) is 11.8 Å². The van der Waals surface area contributed by atoms with E-state index in [9.17, 15) is 0 Å². The van der Waals surface area contributed by atoms with Crippen LogP contribution in [-0.2, 0) is 0 Å². The van der Waals surface area contributed by atoms with Crippen LogP contribution in [0.15, 0.2) is 0 Å². The Morgan fingerprint density at radius 2 is 2.11 bits per heavy atom. The van der Waals surface area contributed by atoms with Gasteiger partial charge < -0.3 is 5.41 Å². The third-order valence-electron chi connectivity index (χ3n) is 1.20. The van der Waals surface area contributed by atoms with E-state index in [2.05, 4.69) is 6.92 Å². The molecule has 54 valence electrons. The van der Waals surface area contributed by atoms with Crippen molar-refractivity contribution in [2.75, 3.05) is 5.75 Å². The van der Waals surface area contributed by atoms with E-state index < -0.39 is 0 Å². The Hall–Kier alpha value is 0.0200. The summed E-state index contributed by atoms with van der Waals surface area (Å²) in [5, 5.41) is 6.72. The summed E-state index contributed by atoms with van der Waals surface area (Å²) in [5.74, 6) is 1.13. The van der Waals surface area contributed by atoms with Crippen molar-refractivity contribution in [3.63, 3.8) is 0 Å². The van der Waals surface area contributed by atoms with Crippen molar-refractivity contribution in [1.29, 1.82) is 5.41 Å². The molecule has 9 heavy (non-hydrogen) atoms. The Morgan fingerprint density at radius 3 is 2.67 bits per heavy atom. The van der Waals surface area contributed by atoms with Gasteiger partial charge in [-0.2, -0.15) is 0 Å². The van der Waals surface area contributed by atoms with Gasteiger partial charge in [0.15, 0.2) is 0 Å². The van der Waals surface area contributed by atoms with Crippen LogP contribution >= 0.6 is 11.8 Å². The number of unbranched alkanes of at least 4 members (excludes halogenated alkanes) is 3. The molecule has 0 aliphatic heterocycles. The average Bonchev–Trinajstić information content (AvgIpc) is 1.89. The Balaban J connectivity index is 2.66. The molecule has 0 fully saturated rings. The second-order valence-electron chi connectivity index (χ2n) is 2.05. The van der Waals surface area contributed by atoms with E-state index in [1.807, 2.05) is 0 Å². The molecule has 0 bridgehead atoms. The summed E-state index contributed by atoms with van der Waals surface area (Å²) >= 11 is 1.60. The monoisotopic (exact) mass is 145 g/mol. The van der Waals surface area contributed by atoms with Gasteiger partial charge in [-0.05, 0) is 12.2 Å². The van der Waals surface area contributed by atoms with Gasteiger partial charge in [-0.3, -0.25) is 0 Å². The molecule has 0 aromatic heterocycles. The van der Waals surface area contributed by atoms with E-state index in [1.165, 1.54) is 31.2 Å². The number of rotatable bonds is 6. The van der Waals surface area contributed by atoms with E-state index in [1.54, 1.807) is 11.8 Å². The topological polar surface area (TPSA) is 23.9 Å². The lowest BCUT2D eigenvalue weighted by Gasteiger charge is -1.93. The molecule has 0 amide bonds. The minimum absolute atomic E-state index is 1.13. The fourth-order valence-electron chi connectivity index (χ4n) is 0.671. The van der Waals surface area contributed by atoms with Crippen LogP contribution in [0, 0.1) is 5.41 Å². The summed E-state index contributed by atoms with van der Waals surface area (Å²) in [5.41, 5.74) is 1.42. The molecule has 0 aliphatic rings. The van der Waals surface area contributed by atoms with Gasteiger partial charge in [-0.25, -0.2) is 0 Å². The average molecular weight is 145 g/mol. The molecule has 0 radical (unpaired) electrons. The zero-order valence-electron chi connectivity index (χ0n) is 6.02. The minimum atomic E-state index is 1.13. The fraction of sp³-hybridized carbons (Fsp3) is 0.857. The smallest absolute Gasteiger partial charge is 0.0506 e. The lowest BCUT2D eigenvalue weighted by Crippen LogP contribution is -1.79. The first kappa shape index (κ1) is 9.02. The van der Waals surface area contributed by atoms with Crippen molar-refractivity contribution in [1.82, 2.24) is 0 Å². The van der Waals surface area contributed by atoms with Gasteiger partial charge in [0, 0.05) is 0 Å². The predicted molar refractivity (Wildman–Crippen MR) is 45.4 cm³/mol. The SMILES string of the molecule is CCCCCCSC=N. The molecule has 0 atom stereocenters. The molecule has 0 saturated carbocycles. The summed E-state index contributed by atoms with van der Waals surface area (Å²) in [6.45, 7) is 2.21. The first-order chi connectivity index (χ1) is 4.41. The molecule has 1 nitrogen and oxygen atoms in total. The van der Waals surface area contributed by atoms with E-state index in [-0.39, 0.29) is 0 Å². The van der Waals surface area contributed by atoms with Gasteiger partial charge in [-0.1, -0.05) is 26.2 Å². The highest BCUT2D eigenvalue weighted by molar-refractivity contribution is 8.11. The maximum absolute atomic E-state index is 6.72. The van der Waals surface area contributed by atoms with Crippen LogP contribution in [-0.4, -0.2) is 11.3 Å². The van der Waals surface area contributed by atoms with E-state index in [4.69, 9.17) is 5.41 Å². The normalized spacial score (nSPS) is 9.44. The van der Waals surface area contributed by atoms with Crippen molar-refractivity contribution >= 4 is 17.3 Å². The van der Waals surface area contributed by atoms with Gasteiger partial charge in [0.1, 0.15) is 0 Å². The molecule has 0 unspecified atom stereocenters. The van der Waals surface area contributed by atoms with Crippen molar-refractivity contribution in [3.8, 4) is 0 Å². The number of hydrogen-bond donors (Lipinski definition) is 1. The van der Waals surface area contributed by atoms with Gasteiger partial charge >= 0.3 is 0 Å². The molecule has 0 heterocycles. The molecule has 0 aromatic carbocycles. The van der Waals surface area contributed by atoms with Crippen molar-refractivity contribution in [2.45, 2.75) is 32.6 Å². The standard InChI is InChI=1S/C7H15NS/c1-2-3-4-5-6-9-7-8/h7-8H,2-6H2,1H3. The van der Waals surface area contributed by atoms with Crippen LogP contribution in [0.1, 0.15) is 32.6 Å². The maximum Gasteiger partial charge on any atom is 0.0506 e. The minimum Gasteiger partial charge on any atom is -0.302 e. The number of hydrogen-bond acceptors (Lipinski definition) is 2. The van der Waals surface area contributed by atoms with Gasteiger partial charge in [0.25, 0.3) is 0 Å². The fourth-order valence-corrected chi connectivity index (χ4v) is 1.16. The van der Waals surface area contributed by atoms with E-state index in [0.717, 1.165) is 5.75 Å². The molecule has 2 heteroatoms. The van der Waals surface area contributed by atoms with Gasteiger partial charge in [0.2, 0.25) is 0 Å². The number of thioether (sulfide) groups is 1. The Kier molecular flexibility index (Phi) is 8.04. The first-order valence-corrected chi connectivity index (χ1v) is 4.57. The molecular weight excluding hydrogens is 130 g/mol. The molecule has 0 spiro atoms. The summed E-state index contributed by atoms with van der Waals surface area (Å²) in [6.07, 6.45) is 5.25. The zero-order valence-corrected chi connectivity index (χ0v) is 6.84. The quantitative estimate of drug-likeness (QED) is 0.347. The third-order valence-corrected chi connectivity index (χ3v) is 1.89. The van der Waals surface area contributed by atoms with Crippen LogP contribution < -0.4 is 0 Å². The predicted octanol–water partition coefficient (Wildman–Crippen LogP) is 2.91. The molecule has 0 aliphatic carbocycles. The number of nitrogens with one attached hydrogen (secondary N) is 1. The molecule has 0 saturated heterocycles. The van der Waals surface area contributed by atoms with E-state index in [0.29, 0.717) is 0 Å². The Labute approximate surface area is 61.7 Å². The first-order valence-electron chi connectivity index (χ1n) is 3.52. The third kappa shape index (κ3) is 8.02. The Bertz CT molecular complexity index is 63.9. The van der Waals surface area contributed by atoms with Crippen molar-refractivity contribution in [2.24, 2.45) is 0 Å². The highest BCUT2D eigenvalue weighted by Crippen LogP contribution is 2.03. The van der Waals surface area contributed by atoms with Crippen LogP contribution in [0.2, 0.25) is 0 Å². The summed E-state index contributed by atoms with van der Waals surface area (Å²) in [4.78, 5) is 0. The molecule has 1 N–H and O–H groups in total. The lowest BCUT2D eigenvalue weighted by molar-refractivity contribution is 0.707. The van der Waals surface area contributed by atoms with E-state index >= 15 is 0 Å². The zero-order chi connectivity index (χ0) is 6.95. The second kappa shape index (κ2) is 8.02. The van der Waals surface area contributed by atoms with Crippen LogP contribution in [0.5, 0.6) is 0 Å². The van der Waals surface area contributed by atoms with Gasteiger partial charge in [0.05, 0.1) is 5.55 Å². The highest BCUT2D eigenvalue weighted by atomic mass is 32.2.